The number of rotatable bonds is 8. The van der Waals surface area contributed by atoms with Gasteiger partial charge in [0.2, 0.25) is 0 Å². The van der Waals surface area contributed by atoms with Crippen molar-refractivity contribution >= 4 is 38.4 Å². The number of aromatic nitrogens is 2. The maximum Gasteiger partial charge on any atom is 0.296 e. The Kier molecular flexibility index (Phi) is 6.29. The zero-order valence-electron chi connectivity index (χ0n) is 19.0. The van der Waals surface area contributed by atoms with Gasteiger partial charge in [-0.05, 0) is 48.7 Å². The van der Waals surface area contributed by atoms with Gasteiger partial charge in [-0.25, -0.2) is 4.98 Å². The van der Waals surface area contributed by atoms with Crippen LogP contribution in [-0.2, 0) is 16.0 Å². The van der Waals surface area contributed by atoms with E-state index in [-0.39, 0.29) is 17.8 Å². The summed E-state index contributed by atoms with van der Waals surface area (Å²) in [5, 5.41) is 11.3. The van der Waals surface area contributed by atoms with E-state index in [2.05, 4.69) is 9.97 Å². The fraction of sp³-hybridized carbons (Fsp3) is 0.185. The Balaban J connectivity index is 1.52. The monoisotopic (exact) mass is 485 g/mol. The predicted molar refractivity (Wildman–Crippen MR) is 135 cm³/mol. The van der Waals surface area contributed by atoms with Gasteiger partial charge in [0.05, 0.1) is 28.4 Å². The first-order valence-corrected chi connectivity index (χ1v) is 12.2. The lowest BCUT2D eigenvalue weighted by Crippen LogP contribution is -2.31. The summed E-state index contributed by atoms with van der Waals surface area (Å²) in [7, 11) is 0. The molecule has 0 fully saturated rings. The second-order valence-corrected chi connectivity index (χ2v) is 9.10. The molecule has 1 amide bonds. The molecule has 1 atom stereocenters. The van der Waals surface area contributed by atoms with Gasteiger partial charge >= 0.3 is 0 Å². The summed E-state index contributed by atoms with van der Waals surface area (Å²) in [5.41, 5.74) is 2.42. The van der Waals surface area contributed by atoms with E-state index >= 15 is 0 Å². The van der Waals surface area contributed by atoms with E-state index in [1.165, 1.54) is 16.2 Å². The van der Waals surface area contributed by atoms with Crippen LogP contribution in [0.4, 0.5) is 5.13 Å². The number of benzene rings is 2. The van der Waals surface area contributed by atoms with Crippen molar-refractivity contribution in [2.24, 2.45) is 0 Å². The van der Waals surface area contributed by atoms with Crippen LogP contribution in [0.2, 0.25) is 0 Å². The van der Waals surface area contributed by atoms with Crippen molar-refractivity contribution in [2.75, 3.05) is 11.5 Å². The first-order chi connectivity index (χ1) is 17.1. The van der Waals surface area contributed by atoms with Crippen molar-refractivity contribution in [2.45, 2.75) is 25.8 Å². The molecule has 3 heterocycles. The number of pyridine rings is 1. The quantitative estimate of drug-likeness (QED) is 0.369. The van der Waals surface area contributed by atoms with Crippen LogP contribution in [0.15, 0.2) is 84.4 Å². The number of amides is 1. The fourth-order valence-electron chi connectivity index (χ4n) is 4.23. The minimum absolute atomic E-state index is 0.0770. The van der Waals surface area contributed by atoms with Crippen molar-refractivity contribution in [3.63, 3.8) is 0 Å². The lowest BCUT2D eigenvalue weighted by molar-refractivity contribution is -0.118. The van der Waals surface area contributed by atoms with Crippen LogP contribution in [0.5, 0.6) is 5.75 Å². The summed E-state index contributed by atoms with van der Waals surface area (Å²) in [5.74, 6) is -0.752. The van der Waals surface area contributed by atoms with Gasteiger partial charge in [-0.3, -0.25) is 19.5 Å². The van der Waals surface area contributed by atoms with Gasteiger partial charge in [0.1, 0.15) is 5.75 Å². The molecule has 0 saturated heterocycles. The highest BCUT2D eigenvalue weighted by Crippen LogP contribution is 2.44. The Morgan fingerprint density at radius 2 is 1.97 bits per heavy atom. The number of aryl methyl sites for hydroxylation is 1. The number of nitrogens with zero attached hydrogens (tertiary/aromatic N) is 3. The molecule has 5 rings (SSSR count). The number of carbonyl (C=O) groups excluding carboxylic acids is 2. The van der Waals surface area contributed by atoms with E-state index in [0.29, 0.717) is 35.0 Å². The molecule has 1 aliphatic heterocycles. The number of hydrogen-bond acceptors (Lipinski definition) is 7. The highest BCUT2D eigenvalue weighted by molar-refractivity contribution is 7.22. The number of ether oxygens (including phenoxy) is 1. The second-order valence-electron chi connectivity index (χ2n) is 8.09. The van der Waals surface area contributed by atoms with E-state index in [1.807, 2.05) is 55.5 Å². The zero-order valence-corrected chi connectivity index (χ0v) is 19.9. The molecule has 35 heavy (non-hydrogen) atoms. The minimum Gasteiger partial charge on any atom is -0.503 e. The average molecular weight is 486 g/mol. The number of hydrogen-bond donors (Lipinski definition) is 1. The Morgan fingerprint density at radius 3 is 2.71 bits per heavy atom. The molecule has 1 unspecified atom stereocenters. The number of aliphatic hydroxyl groups excluding tert-OH is 1. The Hall–Kier alpha value is -4.04. The summed E-state index contributed by atoms with van der Waals surface area (Å²) in [6.07, 6.45) is 3.90. The summed E-state index contributed by atoms with van der Waals surface area (Å²) in [4.78, 5) is 36.9. The maximum absolute atomic E-state index is 13.4. The van der Waals surface area contributed by atoms with Crippen LogP contribution in [0.25, 0.3) is 10.2 Å². The largest absolute Gasteiger partial charge is 0.503 e. The Labute approximate surface area is 206 Å². The van der Waals surface area contributed by atoms with Gasteiger partial charge in [-0.1, -0.05) is 47.7 Å². The zero-order chi connectivity index (χ0) is 24.4. The number of aliphatic hydroxyl groups is 1. The van der Waals surface area contributed by atoms with Crippen LogP contribution >= 0.6 is 11.3 Å². The first kappa shape index (κ1) is 22.7. The van der Waals surface area contributed by atoms with Crippen molar-refractivity contribution in [1.29, 1.82) is 0 Å². The van der Waals surface area contributed by atoms with Gasteiger partial charge in [0.15, 0.2) is 16.7 Å². The summed E-state index contributed by atoms with van der Waals surface area (Å²) in [6, 6.07) is 17.9. The van der Waals surface area contributed by atoms with Crippen LogP contribution in [-0.4, -0.2) is 33.4 Å². The van der Waals surface area contributed by atoms with Crippen LogP contribution in [0.1, 0.15) is 30.5 Å². The lowest BCUT2D eigenvalue weighted by Gasteiger charge is -2.24. The number of ketones is 1. The van der Waals surface area contributed by atoms with E-state index in [4.69, 9.17) is 4.74 Å². The van der Waals surface area contributed by atoms with Gasteiger partial charge in [0.25, 0.3) is 5.91 Å². The molecular formula is C27H23N3O4S. The molecule has 0 saturated carbocycles. The van der Waals surface area contributed by atoms with Crippen LogP contribution in [0, 0.1) is 0 Å². The molecule has 1 N–H and O–H groups in total. The highest BCUT2D eigenvalue weighted by Gasteiger charge is 2.45. The van der Waals surface area contributed by atoms with Crippen molar-refractivity contribution < 1.29 is 19.4 Å². The lowest BCUT2D eigenvalue weighted by atomic mass is 9.94. The smallest absolute Gasteiger partial charge is 0.296 e. The van der Waals surface area contributed by atoms with Gasteiger partial charge in [-0.2, -0.15) is 0 Å². The molecule has 2 aromatic heterocycles. The third kappa shape index (κ3) is 4.40. The summed E-state index contributed by atoms with van der Waals surface area (Å²) >= 11 is 1.31. The first-order valence-electron chi connectivity index (χ1n) is 11.3. The molecule has 8 heteroatoms. The molecule has 2 aromatic carbocycles. The van der Waals surface area contributed by atoms with Crippen molar-refractivity contribution in [1.82, 2.24) is 9.97 Å². The summed E-state index contributed by atoms with van der Waals surface area (Å²) < 4.78 is 6.43. The molecule has 0 bridgehead atoms. The highest BCUT2D eigenvalue weighted by atomic mass is 32.1. The molecule has 1 aliphatic rings. The molecule has 0 aliphatic carbocycles. The molecule has 176 valence electrons. The molecule has 4 aromatic rings. The number of fused-ring (bicyclic) bond motifs is 1. The normalized spacial score (nSPS) is 15.7. The Bertz CT molecular complexity index is 1420. The van der Waals surface area contributed by atoms with Gasteiger partial charge in [0, 0.05) is 18.8 Å². The Morgan fingerprint density at radius 1 is 1.14 bits per heavy atom. The molecular weight excluding hydrogens is 462 g/mol. The SMILES string of the molecule is CCOc1ccc2nc(N3C(=O)C(O)=C(C(=O)CCc4ccccc4)C3c3cccnc3)sc2c1. The predicted octanol–water partition coefficient (Wildman–Crippen LogP) is 5.19. The van der Waals surface area contributed by atoms with E-state index in [1.54, 1.807) is 24.5 Å². The van der Waals surface area contributed by atoms with E-state index in [9.17, 15) is 14.7 Å². The maximum atomic E-state index is 13.4. The molecule has 7 nitrogen and oxygen atoms in total. The second kappa shape index (κ2) is 9.68. The van der Waals surface area contributed by atoms with Crippen LogP contribution < -0.4 is 9.64 Å². The standard InChI is InChI=1S/C27H23N3O4S/c1-2-34-19-11-12-20-22(15-19)35-27(29-20)30-24(18-9-6-14-28-16-18)23(25(32)26(30)33)21(31)13-10-17-7-4-3-5-8-17/h3-9,11-12,14-16,24,32H,2,10,13H2,1H3. The molecule has 0 radical (unpaired) electrons. The molecule has 0 spiro atoms. The van der Waals surface area contributed by atoms with Crippen molar-refractivity contribution in [3.05, 3.63) is 95.5 Å². The van der Waals surface area contributed by atoms with Gasteiger partial charge in [-0.15, -0.1) is 0 Å². The van der Waals surface area contributed by atoms with Crippen LogP contribution in [0.3, 0.4) is 0 Å². The number of anilines is 1. The van der Waals surface area contributed by atoms with Crippen molar-refractivity contribution in [3.8, 4) is 5.75 Å². The third-order valence-electron chi connectivity index (χ3n) is 5.86. The van der Waals surface area contributed by atoms with E-state index < -0.39 is 17.7 Å². The number of Topliss-reactive ketones (excluding diaryl/α,β-unsaturated/α-hetero) is 1. The van der Waals surface area contributed by atoms with E-state index in [0.717, 1.165) is 10.3 Å². The minimum atomic E-state index is -0.814. The fourth-order valence-corrected chi connectivity index (χ4v) is 5.25. The summed E-state index contributed by atoms with van der Waals surface area (Å²) in [6.45, 7) is 2.45. The number of thiazole rings is 1. The van der Waals surface area contributed by atoms with Gasteiger partial charge < -0.3 is 9.84 Å². The average Bonchev–Trinajstić information content (AvgIpc) is 3.42. The topological polar surface area (TPSA) is 92.6 Å². The third-order valence-corrected chi connectivity index (χ3v) is 6.88. The number of carbonyl (C=O) groups is 2.